The highest BCUT2D eigenvalue weighted by Gasteiger charge is 2.09. The van der Waals surface area contributed by atoms with E-state index < -0.39 is 0 Å². The number of benzene rings is 2. The minimum atomic E-state index is -0.278. The molecule has 0 bridgehead atoms. The van der Waals surface area contributed by atoms with Gasteiger partial charge in [-0.3, -0.25) is 10.1 Å². The minimum absolute atomic E-state index is 0.278. The molecule has 0 saturated heterocycles. The molecule has 110 valence electrons. The molecule has 0 atom stereocenters. The molecule has 0 spiro atoms. The number of anilines is 1. The lowest BCUT2D eigenvalue weighted by molar-refractivity contribution is 0.102. The first-order valence-electron chi connectivity index (χ1n) is 6.50. The number of H-pyrrole nitrogens is 1. The molecule has 2 N–H and O–H groups in total. The SMILES string of the molecule is O=C(Nc1ncc(-c2ccc(Cl)cc2)[nH]1)c1cccc(Cl)c1. The topological polar surface area (TPSA) is 57.8 Å². The number of hydrogen-bond donors (Lipinski definition) is 2. The van der Waals surface area contributed by atoms with Gasteiger partial charge in [-0.1, -0.05) is 41.4 Å². The molecule has 6 heteroatoms. The number of amides is 1. The summed E-state index contributed by atoms with van der Waals surface area (Å²) in [6.07, 6.45) is 1.65. The third-order valence-corrected chi connectivity index (χ3v) is 3.54. The standard InChI is InChI=1S/C16H11Cl2N3O/c17-12-6-4-10(5-7-12)14-9-19-16(20-14)21-15(22)11-2-1-3-13(18)8-11/h1-9H,(H2,19,20,21,22). The summed E-state index contributed by atoms with van der Waals surface area (Å²) in [6, 6.07) is 14.0. The van der Waals surface area contributed by atoms with Gasteiger partial charge in [-0.25, -0.2) is 4.98 Å². The zero-order valence-electron chi connectivity index (χ0n) is 11.3. The second kappa shape index (κ2) is 6.22. The van der Waals surface area contributed by atoms with Crippen LogP contribution in [0.5, 0.6) is 0 Å². The Balaban J connectivity index is 1.77. The smallest absolute Gasteiger partial charge is 0.258 e. The van der Waals surface area contributed by atoms with E-state index >= 15 is 0 Å². The molecule has 3 rings (SSSR count). The Labute approximate surface area is 137 Å². The van der Waals surface area contributed by atoms with Gasteiger partial charge < -0.3 is 4.98 Å². The maximum absolute atomic E-state index is 12.1. The van der Waals surface area contributed by atoms with Crippen LogP contribution in [0.4, 0.5) is 5.95 Å². The van der Waals surface area contributed by atoms with E-state index in [0.717, 1.165) is 11.3 Å². The zero-order chi connectivity index (χ0) is 15.5. The zero-order valence-corrected chi connectivity index (χ0v) is 12.8. The molecule has 0 unspecified atom stereocenters. The number of halogens is 2. The number of nitrogens with one attached hydrogen (secondary N) is 2. The molecular weight excluding hydrogens is 321 g/mol. The third-order valence-electron chi connectivity index (χ3n) is 3.05. The molecule has 0 aliphatic carbocycles. The lowest BCUT2D eigenvalue weighted by Gasteiger charge is -2.02. The molecule has 1 amide bonds. The van der Waals surface area contributed by atoms with Crippen LogP contribution >= 0.6 is 23.2 Å². The highest BCUT2D eigenvalue weighted by Crippen LogP contribution is 2.21. The van der Waals surface area contributed by atoms with Crippen molar-refractivity contribution in [3.8, 4) is 11.3 Å². The molecule has 2 aromatic carbocycles. The fourth-order valence-corrected chi connectivity index (χ4v) is 2.29. The summed E-state index contributed by atoms with van der Waals surface area (Å²) in [4.78, 5) is 19.3. The number of hydrogen-bond acceptors (Lipinski definition) is 2. The lowest BCUT2D eigenvalue weighted by atomic mass is 10.2. The summed E-state index contributed by atoms with van der Waals surface area (Å²) in [7, 11) is 0. The second-order valence-electron chi connectivity index (χ2n) is 4.62. The fraction of sp³-hybridized carbons (Fsp3) is 0. The van der Waals surface area contributed by atoms with Crippen LogP contribution in [0.25, 0.3) is 11.3 Å². The molecule has 4 nitrogen and oxygen atoms in total. The van der Waals surface area contributed by atoms with E-state index in [1.54, 1.807) is 42.6 Å². The average molecular weight is 332 g/mol. The largest absolute Gasteiger partial charge is 0.324 e. The van der Waals surface area contributed by atoms with Crippen molar-refractivity contribution >= 4 is 35.1 Å². The van der Waals surface area contributed by atoms with Crippen molar-refractivity contribution < 1.29 is 4.79 Å². The summed E-state index contributed by atoms with van der Waals surface area (Å²) in [5, 5.41) is 3.87. The minimum Gasteiger partial charge on any atom is -0.324 e. The molecular formula is C16H11Cl2N3O. The summed E-state index contributed by atoms with van der Waals surface area (Å²) in [5.74, 6) is 0.0921. The Hall–Kier alpha value is -2.30. The fourth-order valence-electron chi connectivity index (χ4n) is 1.97. The van der Waals surface area contributed by atoms with Crippen molar-refractivity contribution in [1.29, 1.82) is 0 Å². The summed E-state index contributed by atoms with van der Waals surface area (Å²) in [5.41, 5.74) is 2.19. The summed E-state index contributed by atoms with van der Waals surface area (Å²) < 4.78 is 0. The molecule has 0 fully saturated rings. The average Bonchev–Trinajstić information content (AvgIpc) is 2.96. The van der Waals surface area contributed by atoms with Gasteiger partial charge in [0.2, 0.25) is 5.95 Å². The van der Waals surface area contributed by atoms with Gasteiger partial charge in [0.15, 0.2) is 0 Å². The van der Waals surface area contributed by atoms with Crippen molar-refractivity contribution in [3.63, 3.8) is 0 Å². The number of aromatic nitrogens is 2. The van der Waals surface area contributed by atoms with Gasteiger partial charge in [0.05, 0.1) is 11.9 Å². The predicted octanol–water partition coefficient (Wildman–Crippen LogP) is 4.64. The molecule has 3 aromatic rings. The number of nitrogens with zero attached hydrogens (tertiary/aromatic N) is 1. The van der Waals surface area contributed by atoms with Gasteiger partial charge in [0.25, 0.3) is 5.91 Å². The first-order valence-corrected chi connectivity index (χ1v) is 7.25. The van der Waals surface area contributed by atoms with Gasteiger partial charge in [-0.05, 0) is 35.9 Å². The van der Waals surface area contributed by atoms with Crippen LogP contribution in [0.1, 0.15) is 10.4 Å². The van der Waals surface area contributed by atoms with E-state index in [1.165, 1.54) is 0 Å². The Morgan fingerprint density at radius 2 is 1.82 bits per heavy atom. The third kappa shape index (κ3) is 3.30. The van der Waals surface area contributed by atoms with E-state index in [-0.39, 0.29) is 5.91 Å². The van der Waals surface area contributed by atoms with E-state index in [2.05, 4.69) is 15.3 Å². The lowest BCUT2D eigenvalue weighted by Crippen LogP contribution is -2.12. The highest BCUT2D eigenvalue weighted by molar-refractivity contribution is 6.31. The van der Waals surface area contributed by atoms with Crippen molar-refractivity contribution in [2.45, 2.75) is 0 Å². The Morgan fingerprint density at radius 1 is 1.05 bits per heavy atom. The van der Waals surface area contributed by atoms with E-state index in [0.29, 0.717) is 21.6 Å². The molecule has 22 heavy (non-hydrogen) atoms. The number of carbonyl (C=O) groups is 1. The number of rotatable bonds is 3. The van der Waals surface area contributed by atoms with Gasteiger partial charge in [-0.2, -0.15) is 0 Å². The van der Waals surface area contributed by atoms with Gasteiger partial charge in [-0.15, -0.1) is 0 Å². The Bertz CT molecular complexity index is 812. The van der Waals surface area contributed by atoms with Crippen LogP contribution in [-0.2, 0) is 0 Å². The number of carbonyl (C=O) groups excluding carboxylic acids is 1. The van der Waals surface area contributed by atoms with Crippen LogP contribution in [0.15, 0.2) is 54.7 Å². The van der Waals surface area contributed by atoms with E-state index in [4.69, 9.17) is 23.2 Å². The summed E-state index contributed by atoms with van der Waals surface area (Å²) >= 11 is 11.7. The molecule has 0 radical (unpaired) electrons. The maximum Gasteiger partial charge on any atom is 0.258 e. The normalized spacial score (nSPS) is 10.5. The van der Waals surface area contributed by atoms with Crippen molar-refractivity contribution in [2.75, 3.05) is 5.32 Å². The van der Waals surface area contributed by atoms with Gasteiger partial charge >= 0.3 is 0 Å². The van der Waals surface area contributed by atoms with Gasteiger partial charge in [0.1, 0.15) is 0 Å². The number of imidazole rings is 1. The number of aromatic amines is 1. The molecule has 0 aliphatic rings. The Morgan fingerprint density at radius 3 is 2.55 bits per heavy atom. The van der Waals surface area contributed by atoms with Gasteiger partial charge in [0, 0.05) is 15.6 Å². The van der Waals surface area contributed by atoms with E-state index in [1.807, 2.05) is 12.1 Å². The molecule has 0 saturated carbocycles. The van der Waals surface area contributed by atoms with Crippen molar-refractivity contribution in [2.24, 2.45) is 0 Å². The van der Waals surface area contributed by atoms with Crippen LogP contribution in [0, 0.1) is 0 Å². The first kappa shape index (κ1) is 14.6. The summed E-state index contributed by atoms with van der Waals surface area (Å²) in [6.45, 7) is 0. The monoisotopic (exact) mass is 331 g/mol. The van der Waals surface area contributed by atoms with Crippen LogP contribution in [-0.4, -0.2) is 15.9 Å². The van der Waals surface area contributed by atoms with Crippen LogP contribution in [0.3, 0.4) is 0 Å². The molecule has 0 aliphatic heterocycles. The second-order valence-corrected chi connectivity index (χ2v) is 5.49. The van der Waals surface area contributed by atoms with Crippen LogP contribution < -0.4 is 5.32 Å². The highest BCUT2D eigenvalue weighted by atomic mass is 35.5. The van der Waals surface area contributed by atoms with E-state index in [9.17, 15) is 4.79 Å². The van der Waals surface area contributed by atoms with Crippen molar-refractivity contribution in [3.05, 3.63) is 70.3 Å². The first-order chi connectivity index (χ1) is 10.6. The molecule has 1 aromatic heterocycles. The quantitative estimate of drug-likeness (QED) is 0.734. The molecule has 1 heterocycles. The van der Waals surface area contributed by atoms with Crippen molar-refractivity contribution in [1.82, 2.24) is 9.97 Å². The predicted molar refractivity (Wildman–Crippen MR) is 88.4 cm³/mol. The Kier molecular flexibility index (Phi) is 4.13. The van der Waals surface area contributed by atoms with Crippen LogP contribution in [0.2, 0.25) is 10.0 Å². The maximum atomic E-state index is 12.1.